The molecule has 0 fully saturated rings. The first-order valence-electron chi connectivity index (χ1n) is 12.0. The van der Waals surface area contributed by atoms with E-state index in [0.717, 1.165) is 32.9 Å². The summed E-state index contributed by atoms with van der Waals surface area (Å²) in [5.41, 5.74) is 2.94. The van der Waals surface area contributed by atoms with Gasteiger partial charge in [-0.15, -0.1) is 0 Å². The van der Waals surface area contributed by atoms with E-state index in [9.17, 15) is 9.59 Å². The van der Waals surface area contributed by atoms with E-state index in [1.54, 1.807) is 18.3 Å². The summed E-state index contributed by atoms with van der Waals surface area (Å²) in [5.74, 6) is -0.689. The zero-order valence-corrected chi connectivity index (χ0v) is 22.8. The Labute approximate surface area is 222 Å². The highest BCUT2D eigenvalue weighted by Crippen LogP contribution is 2.27. The second-order valence-corrected chi connectivity index (χ2v) is 10.8. The maximum atomic E-state index is 11.6. The number of fused-ring (bicyclic) bond motifs is 2. The van der Waals surface area contributed by atoms with Crippen molar-refractivity contribution >= 4 is 57.5 Å². The monoisotopic (exact) mass is 520 g/mol. The molecule has 2 N–H and O–H groups in total. The molecule has 2 aromatic carbocycles. The van der Waals surface area contributed by atoms with Crippen LogP contribution in [0.25, 0.3) is 34.0 Å². The predicted molar refractivity (Wildman–Crippen MR) is 151 cm³/mol. The smallest absolute Gasteiger partial charge is 0.331 e. The number of benzene rings is 2. The van der Waals surface area contributed by atoms with Crippen molar-refractivity contribution in [1.29, 1.82) is 0 Å². The van der Waals surface area contributed by atoms with Crippen molar-refractivity contribution in [2.24, 2.45) is 0 Å². The van der Waals surface area contributed by atoms with Crippen LogP contribution in [-0.4, -0.2) is 33.1 Å². The Hall–Kier alpha value is -3.77. The van der Waals surface area contributed by atoms with Crippen LogP contribution in [0, 0.1) is 0 Å². The molecule has 0 saturated heterocycles. The van der Waals surface area contributed by atoms with E-state index in [2.05, 4.69) is 9.97 Å². The van der Waals surface area contributed by atoms with Crippen molar-refractivity contribution in [3.8, 4) is 0 Å². The molecule has 0 aliphatic heterocycles. The standard InChI is InChI=1S/C15H16ClNO2.C15H17NO2/c1-15(2,3)19-13(18)8-7-10-5-4-6-12-14(10)11(16)9-17-12;1-15(2,3)18-14(17)8-7-11-5-4-6-13-12(11)9-10-16-13/h4-9,17H,1-3H3;4-10,16H,1-3H3/b2*8-7+. The van der Waals surface area contributed by atoms with E-state index in [-0.39, 0.29) is 11.9 Å². The van der Waals surface area contributed by atoms with Gasteiger partial charge in [0.25, 0.3) is 0 Å². The number of halogens is 1. The molecule has 2 aromatic heterocycles. The summed E-state index contributed by atoms with van der Waals surface area (Å²) >= 11 is 6.12. The van der Waals surface area contributed by atoms with Crippen LogP contribution in [0.15, 0.2) is 67.0 Å². The van der Waals surface area contributed by atoms with Crippen LogP contribution >= 0.6 is 11.6 Å². The molecule has 0 amide bonds. The molecule has 0 aliphatic carbocycles. The van der Waals surface area contributed by atoms with Crippen LogP contribution < -0.4 is 0 Å². The summed E-state index contributed by atoms with van der Waals surface area (Å²) in [6, 6.07) is 13.7. The largest absolute Gasteiger partial charge is 0.457 e. The van der Waals surface area contributed by atoms with Gasteiger partial charge in [0.05, 0.1) is 5.02 Å². The number of ether oxygens (including phenoxy) is 2. The van der Waals surface area contributed by atoms with Gasteiger partial charge in [0, 0.05) is 46.4 Å². The molecule has 0 radical (unpaired) electrons. The number of rotatable bonds is 4. The number of carbonyl (C=O) groups is 2. The third kappa shape index (κ3) is 8.40. The quantitative estimate of drug-likeness (QED) is 0.213. The van der Waals surface area contributed by atoms with Crippen molar-refractivity contribution in [3.05, 3.63) is 83.2 Å². The molecule has 0 unspecified atom stereocenters. The zero-order valence-electron chi connectivity index (χ0n) is 22.0. The maximum absolute atomic E-state index is 11.6. The number of aromatic nitrogens is 2. The van der Waals surface area contributed by atoms with Gasteiger partial charge in [0.1, 0.15) is 11.2 Å². The summed E-state index contributed by atoms with van der Waals surface area (Å²) in [4.78, 5) is 29.4. The van der Waals surface area contributed by atoms with Gasteiger partial charge >= 0.3 is 11.9 Å². The normalized spacial score (nSPS) is 12.2. The van der Waals surface area contributed by atoms with Crippen LogP contribution in [0.2, 0.25) is 5.02 Å². The molecule has 7 heteroatoms. The Morgan fingerprint density at radius 1 is 0.757 bits per heavy atom. The van der Waals surface area contributed by atoms with E-state index in [1.165, 1.54) is 12.2 Å². The van der Waals surface area contributed by atoms with Crippen molar-refractivity contribution in [2.75, 3.05) is 0 Å². The van der Waals surface area contributed by atoms with Crippen LogP contribution in [0.3, 0.4) is 0 Å². The average Bonchev–Trinajstić information content (AvgIpc) is 3.42. The number of hydrogen-bond donors (Lipinski definition) is 2. The Morgan fingerprint density at radius 3 is 1.89 bits per heavy atom. The Bertz CT molecular complexity index is 1450. The molecule has 0 aliphatic rings. The second kappa shape index (κ2) is 11.5. The molecular weight excluding hydrogens is 488 g/mol. The molecule has 37 heavy (non-hydrogen) atoms. The minimum Gasteiger partial charge on any atom is -0.457 e. The van der Waals surface area contributed by atoms with Gasteiger partial charge < -0.3 is 19.4 Å². The Balaban J connectivity index is 0.000000206. The minimum atomic E-state index is -0.487. The summed E-state index contributed by atoms with van der Waals surface area (Å²) in [6.45, 7) is 11.1. The van der Waals surface area contributed by atoms with Gasteiger partial charge in [0.2, 0.25) is 0 Å². The third-order valence-electron chi connectivity index (χ3n) is 4.93. The van der Waals surface area contributed by atoms with Crippen molar-refractivity contribution < 1.29 is 19.1 Å². The fourth-order valence-corrected chi connectivity index (χ4v) is 3.82. The lowest BCUT2D eigenvalue weighted by atomic mass is 10.1. The first kappa shape index (κ1) is 27.8. The summed E-state index contributed by atoms with van der Waals surface area (Å²) in [6.07, 6.45) is 10.0. The van der Waals surface area contributed by atoms with Crippen molar-refractivity contribution in [1.82, 2.24) is 9.97 Å². The molecule has 0 atom stereocenters. The molecule has 2 heterocycles. The lowest BCUT2D eigenvalue weighted by Gasteiger charge is -2.17. The van der Waals surface area contributed by atoms with Crippen molar-refractivity contribution in [3.63, 3.8) is 0 Å². The van der Waals surface area contributed by atoms with E-state index < -0.39 is 11.2 Å². The van der Waals surface area contributed by atoms with E-state index in [0.29, 0.717) is 5.02 Å². The number of esters is 2. The number of H-pyrrole nitrogens is 2. The molecule has 0 spiro atoms. The zero-order chi connectivity index (χ0) is 27.2. The molecule has 0 saturated carbocycles. The lowest BCUT2D eigenvalue weighted by molar-refractivity contribution is -0.149. The number of carbonyl (C=O) groups excluding carboxylic acids is 2. The van der Waals surface area contributed by atoms with E-state index >= 15 is 0 Å². The fraction of sp³-hybridized carbons (Fsp3) is 0.267. The van der Waals surface area contributed by atoms with Crippen molar-refractivity contribution in [2.45, 2.75) is 52.7 Å². The summed E-state index contributed by atoms with van der Waals surface area (Å²) in [5, 5.41) is 2.64. The van der Waals surface area contributed by atoms with E-state index in [4.69, 9.17) is 21.1 Å². The fourth-order valence-electron chi connectivity index (χ4n) is 3.55. The topological polar surface area (TPSA) is 84.2 Å². The first-order chi connectivity index (χ1) is 17.3. The highest BCUT2D eigenvalue weighted by Gasteiger charge is 2.15. The maximum Gasteiger partial charge on any atom is 0.331 e. The van der Waals surface area contributed by atoms with Crippen LogP contribution in [-0.2, 0) is 19.1 Å². The average molecular weight is 521 g/mol. The SMILES string of the molecule is CC(C)(C)OC(=O)/C=C/c1cccc2[nH]cc(Cl)c12.CC(C)(C)OC(=O)/C=C/c1cccc2[nH]ccc12. The molecule has 6 nitrogen and oxygen atoms in total. The van der Waals surface area contributed by atoms with Crippen LogP contribution in [0.4, 0.5) is 0 Å². The number of nitrogens with one attached hydrogen (secondary N) is 2. The Morgan fingerprint density at radius 2 is 1.30 bits per heavy atom. The minimum absolute atomic E-state index is 0.324. The van der Waals surface area contributed by atoms with Gasteiger partial charge in [-0.05, 0) is 83.0 Å². The summed E-state index contributed by atoms with van der Waals surface area (Å²) < 4.78 is 10.4. The van der Waals surface area contributed by atoms with Gasteiger partial charge in [0.15, 0.2) is 0 Å². The molecule has 4 rings (SSSR count). The Kier molecular flexibility index (Phi) is 8.66. The second-order valence-electron chi connectivity index (χ2n) is 10.4. The first-order valence-corrected chi connectivity index (χ1v) is 12.3. The number of hydrogen-bond acceptors (Lipinski definition) is 4. The summed E-state index contributed by atoms with van der Waals surface area (Å²) in [7, 11) is 0. The van der Waals surface area contributed by atoms with Gasteiger partial charge in [-0.2, -0.15) is 0 Å². The molecular formula is C30H33ClN2O4. The van der Waals surface area contributed by atoms with Crippen LogP contribution in [0.1, 0.15) is 52.7 Å². The molecule has 4 aromatic rings. The van der Waals surface area contributed by atoms with Crippen LogP contribution in [0.5, 0.6) is 0 Å². The molecule has 0 bridgehead atoms. The van der Waals surface area contributed by atoms with Gasteiger partial charge in [-0.3, -0.25) is 0 Å². The highest BCUT2D eigenvalue weighted by atomic mass is 35.5. The van der Waals surface area contributed by atoms with E-state index in [1.807, 2.05) is 90.2 Å². The highest BCUT2D eigenvalue weighted by molar-refractivity contribution is 6.36. The third-order valence-corrected chi connectivity index (χ3v) is 5.23. The lowest BCUT2D eigenvalue weighted by Crippen LogP contribution is -2.22. The van der Waals surface area contributed by atoms with Gasteiger partial charge in [-0.1, -0.05) is 35.9 Å². The van der Waals surface area contributed by atoms with Gasteiger partial charge in [-0.25, -0.2) is 9.59 Å². The number of aromatic amines is 2. The molecule has 194 valence electrons. The predicted octanol–water partition coefficient (Wildman–Crippen LogP) is 7.70.